The largest absolute Gasteiger partial charge is 0.390 e. The number of benzene rings is 1. The summed E-state index contributed by atoms with van der Waals surface area (Å²) >= 11 is 6.44. The number of piperidine rings is 1. The number of halogens is 3. The summed E-state index contributed by atoms with van der Waals surface area (Å²) in [6, 6.07) is 5.61. The van der Waals surface area contributed by atoms with Crippen molar-refractivity contribution in [2.24, 2.45) is 17.8 Å². The van der Waals surface area contributed by atoms with E-state index in [0.717, 1.165) is 17.5 Å². The van der Waals surface area contributed by atoms with Gasteiger partial charge in [-0.3, -0.25) is 9.13 Å². The highest BCUT2D eigenvalue weighted by atomic mass is 35.5. The van der Waals surface area contributed by atoms with E-state index in [0.29, 0.717) is 50.2 Å². The summed E-state index contributed by atoms with van der Waals surface area (Å²) in [5.74, 6) is -3.49. The molecule has 0 radical (unpaired) electrons. The number of ether oxygens (including phenoxy) is 1. The molecule has 2 aromatic heterocycles. The number of fused-ring (bicyclic) bond motifs is 1. The Balaban J connectivity index is 1.46. The van der Waals surface area contributed by atoms with E-state index in [1.54, 1.807) is 27.9 Å². The molecule has 4 heterocycles. The van der Waals surface area contributed by atoms with Crippen LogP contribution in [0.4, 0.5) is 26.2 Å². The van der Waals surface area contributed by atoms with E-state index in [-0.39, 0.29) is 29.7 Å². The number of hydrogen-bond donors (Lipinski definition) is 2. The van der Waals surface area contributed by atoms with Crippen molar-refractivity contribution in [3.8, 4) is 0 Å². The van der Waals surface area contributed by atoms with Gasteiger partial charge in [0, 0.05) is 56.2 Å². The predicted octanol–water partition coefficient (Wildman–Crippen LogP) is 4.92. The number of imidazole rings is 1. The van der Waals surface area contributed by atoms with Crippen molar-refractivity contribution in [2.45, 2.75) is 65.1 Å². The third-order valence-electron chi connectivity index (χ3n) is 8.01. The quantitative estimate of drug-likeness (QED) is 0.392. The molecule has 1 unspecified atom stereocenters. The van der Waals surface area contributed by atoms with E-state index in [1.807, 2.05) is 18.2 Å². The molecule has 1 aromatic carbocycles. The number of aryl methyl sites for hydroxylation is 1. The smallest absolute Gasteiger partial charge is 0.329 e. The van der Waals surface area contributed by atoms with Gasteiger partial charge in [-0.05, 0) is 44.9 Å². The van der Waals surface area contributed by atoms with E-state index < -0.39 is 23.4 Å². The molecule has 2 aliphatic rings. The lowest BCUT2D eigenvalue weighted by atomic mass is 9.87. The molecule has 0 aliphatic carbocycles. The van der Waals surface area contributed by atoms with Crippen LogP contribution >= 0.6 is 11.6 Å². The number of hydrogen-bond acceptors (Lipinski definition) is 7. The number of aliphatic hydroxyl groups is 1. The Kier molecular flexibility index (Phi) is 7.84. The molecule has 5 rings (SSSR count). The Hall–Kier alpha value is -2.76. The summed E-state index contributed by atoms with van der Waals surface area (Å²) in [4.78, 5) is 24.2. The van der Waals surface area contributed by atoms with Gasteiger partial charge in [0.2, 0.25) is 5.95 Å². The number of rotatable bonds is 8. The van der Waals surface area contributed by atoms with Crippen LogP contribution in [0.25, 0.3) is 11.0 Å². The van der Waals surface area contributed by atoms with Crippen LogP contribution in [-0.4, -0.2) is 62.0 Å². The molecule has 0 amide bonds. The van der Waals surface area contributed by atoms with Gasteiger partial charge in [-0.15, -0.1) is 0 Å². The van der Waals surface area contributed by atoms with E-state index in [2.05, 4.69) is 15.3 Å². The van der Waals surface area contributed by atoms with Crippen LogP contribution in [0.15, 0.2) is 29.2 Å². The molecular weight excluding hydrogens is 542 g/mol. The zero-order valence-electron chi connectivity index (χ0n) is 23.3. The Morgan fingerprint density at radius 2 is 1.93 bits per heavy atom. The molecular formula is C28H37ClF2N6O3. The number of nitrogens with one attached hydrogen (secondary N) is 1. The maximum Gasteiger partial charge on any atom is 0.329 e. The number of aromatic nitrogens is 4. The summed E-state index contributed by atoms with van der Waals surface area (Å²) in [5, 5.41) is 13.8. The number of anilines is 3. The minimum absolute atomic E-state index is 0.129. The minimum atomic E-state index is -2.75. The molecule has 3 atom stereocenters. The van der Waals surface area contributed by atoms with Gasteiger partial charge in [0.25, 0.3) is 5.92 Å². The average molecular weight is 579 g/mol. The molecule has 0 saturated carbocycles. The molecule has 2 saturated heterocycles. The molecule has 9 nitrogen and oxygen atoms in total. The van der Waals surface area contributed by atoms with Crippen LogP contribution < -0.4 is 15.9 Å². The van der Waals surface area contributed by atoms with Gasteiger partial charge in [0.15, 0.2) is 5.82 Å². The first-order chi connectivity index (χ1) is 18.8. The van der Waals surface area contributed by atoms with Crippen LogP contribution in [0.1, 0.15) is 40.5 Å². The highest BCUT2D eigenvalue weighted by Crippen LogP contribution is 2.39. The van der Waals surface area contributed by atoms with Crippen molar-refractivity contribution in [3.05, 3.63) is 39.9 Å². The summed E-state index contributed by atoms with van der Waals surface area (Å²) < 4.78 is 37.8. The molecule has 0 spiro atoms. The van der Waals surface area contributed by atoms with Gasteiger partial charge >= 0.3 is 5.69 Å². The Morgan fingerprint density at radius 3 is 2.58 bits per heavy atom. The maximum absolute atomic E-state index is 14.4. The van der Waals surface area contributed by atoms with Crippen LogP contribution in [-0.2, 0) is 17.8 Å². The van der Waals surface area contributed by atoms with Gasteiger partial charge in [0.05, 0.1) is 29.4 Å². The van der Waals surface area contributed by atoms with Crippen LogP contribution in [0, 0.1) is 17.8 Å². The first-order valence-corrected chi connectivity index (χ1v) is 14.2. The zero-order valence-corrected chi connectivity index (χ0v) is 24.1. The van der Waals surface area contributed by atoms with Crippen molar-refractivity contribution >= 4 is 40.1 Å². The van der Waals surface area contributed by atoms with Gasteiger partial charge < -0.3 is 20.1 Å². The van der Waals surface area contributed by atoms with Crippen LogP contribution in [0.2, 0.25) is 5.02 Å². The minimum Gasteiger partial charge on any atom is -0.390 e. The fraction of sp³-hybridized carbons (Fsp3) is 0.607. The predicted molar refractivity (Wildman–Crippen MR) is 152 cm³/mol. The van der Waals surface area contributed by atoms with Crippen molar-refractivity contribution in [2.75, 3.05) is 36.5 Å². The fourth-order valence-corrected chi connectivity index (χ4v) is 5.66. The second kappa shape index (κ2) is 10.9. The second-order valence-corrected chi connectivity index (χ2v) is 12.3. The standard InChI is InChI=1S/C28H37ClF2N6O3/c1-17-13-35(14-18(2)28(17,30)31)25-32-12-21(29)24(34-25)33-20-5-6-22-23(11-20)36(9-8-27(3,4)39)26(38)37(22)15-19-7-10-40-16-19/h5-6,11-12,17-19,39H,7-10,13-16H2,1-4H3,(H,32,33,34)/t17-,18+,19?. The summed E-state index contributed by atoms with van der Waals surface area (Å²) in [6.45, 7) is 9.03. The van der Waals surface area contributed by atoms with E-state index >= 15 is 0 Å². The van der Waals surface area contributed by atoms with Gasteiger partial charge in [0.1, 0.15) is 5.02 Å². The molecule has 2 aliphatic heterocycles. The van der Waals surface area contributed by atoms with Gasteiger partial charge in [-0.2, -0.15) is 4.98 Å². The molecule has 0 bridgehead atoms. The Morgan fingerprint density at radius 1 is 1.20 bits per heavy atom. The Labute approximate surface area is 237 Å². The first-order valence-electron chi connectivity index (χ1n) is 13.8. The van der Waals surface area contributed by atoms with Gasteiger partial charge in [-0.1, -0.05) is 25.4 Å². The molecule has 40 heavy (non-hydrogen) atoms. The number of nitrogens with zero attached hydrogens (tertiary/aromatic N) is 5. The van der Waals surface area contributed by atoms with E-state index in [1.165, 1.54) is 20.0 Å². The highest BCUT2D eigenvalue weighted by molar-refractivity contribution is 6.32. The zero-order chi connectivity index (χ0) is 28.8. The molecule has 12 heteroatoms. The van der Waals surface area contributed by atoms with Crippen LogP contribution in [0.5, 0.6) is 0 Å². The summed E-state index contributed by atoms with van der Waals surface area (Å²) in [7, 11) is 0. The number of alkyl halides is 2. The van der Waals surface area contributed by atoms with Crippen molar-refractivity contribution < 1.29 is 18.6 Å². The second-order valence-electron chi connectivity index (χ2n) is 11.9. The average Bonchev–Trinajstić information content (AvgIpc) is 3.48. The summed E-state index contributed by atoms with van der Waals surface area (Å²) in [6.07, 6.45) is 2.78. The lowest BCUT2D eigenvalue weighted by molar-refractivity contribution is -0.105. The van der Waals surface area contributed by atoms with Crippen LogP contribution in [0.3, 0.4) is 0 Å². The molecule has 2 fully saturated rings. The molecule has 3 aromatic rings. The normalized spacial score (nSPS) is 23.2. The SMILES string of the molecule is C[C@@H]1CN(c2ncc(Cl)c(Nc3ccc4c(c3)n(CCC(C)(C)O)c(=O)n4CC3CCOC3)n2)C[C@H](C)C1(F)F. The monoisotopic (exact) mass is 578 g/mol. The maximum atomic E-state index is 14.4. The van der Waals surface area contributed by atoms with E-state index in [9.17, 15) is 18.7 Å². The summed E-state index contributed by atoms with van der Waals surface area (Å²) in [5.41, 5.74) is 1.12. The lowest BCUT2D eigenvalue weighted by Crippen LogP contribution is -2.52. The molecule has 2 N–H and O–H groups in total. The highest BCUT2D eigenvalue weighted by Gasteiger charge is 2.47. The van der Waals surface area contributed by atoms with Crippen molar-refractivity contribution in [3.63, 3.8) is 0 Å². The molecule has 218 valence electrons. The topological polar surface area (TPSA) is 97.4 Å². The van der Waals surface area contributed by atoms with Crippen molar-refractivity contribution in [1.29, 1.82) is 0 Å². The first kappa shape index (κ1) is 28.8. The Bertz CT molecular complexity index is 1420. The lowest BCUT2D eigenvalue weighted by Gasteiger charge is -2.41. The van der Waals surface area contributed by atoms with Gasteiger partial charge in [-0.25, -0.2) is 18.6 Å². The third kappa shape index (κ3) is 5.82. The third-order valence-corrected chi connectivity index (χ3v) is 8.29. The van der Waals surface area contributed by atoms with E-state index in [4.69, 9.17) is 16.3 Å². The fourth-order valence-electron chi connectivity index (χ4n) is 5.52. The van der Waals surface area contributed by atoms with Crippen molar-refractivity contribution in [1.82, 2.24) is 19.1 Å².